The van der Waals surface area contributed by atoms with E-state index in [2.05, 4.69) is 4.98 Å². The monoisotopic (exact) mass is 189 g/mol. The molecule has 0 radical (unpaired) electrons. The van der Waals surface area contributed by atoms with Gasteiger partial charge in [0.15, 0.2) is 0 Å². The summed E-state index contributed by atoms with van der Waals surface area (Å²) in [6, 6.07) is 3.39. The lowest BCUT2D eigenvalue weighted by atomic mass is 10.2. The molecule has 0 saturated heterocycles. The fraction of sp³-hybridized carbons (Fsp3) is 0.200. The molecule has 1 amide bonds. The molecule has 0 bridgehead atoms. The number of fused-ring (bicyclic) bond motifs is 1. The number of aromatic nitrogens is 2. The molecule has 4 heteroatoms. The Kier molecular flexibility index (Phi) is 1.96. The molecule has 0 aliphatic rings. The van der Waals surface area contributed by atoms with E-state index in [0.29, 0.717) is 5.56 Å². The van der Waals surface area contributed by atoms with Crippen LogP contribution in [0.25, 0.3) is 5.65 Å². The second-order valence-electron chi connectivity index (χ2n) is 3.13. The predicted molar refractivity (Wildman–Crippen MR) is 53.1 cm³/mol. The molecular formula is C10H11N3O. The third kappa shape index (κ3) is 1.35. The SMILES string of the molecule is CCc1cn2ccc(C(N)=O)cc2n1. The molecule has 14 heavy (non-hydrogen) atoms. The molecule has 2 aromatic rings. The number of nitrogens with zero attached hydrogens (tertiary/aromatic N) is 2. The van der Waals surface area contributed by atoms with Gasteiger partial charge in [0.1, 0.15) is 5.65 Å². The summed E-state index contributed by atoms with van der Waals surface area (Å²) in [4.78, 5) is 15.2. The number of hydrogen-bond donors (Lipinski definition) is 1. The maximum Gasteiger partial charge on any atom is 0.248 e. The minimum Gasteiger partial charge on any atom is -0.366 e. The van der Waals surface area contributed by atoms with Crippen molar-refractivity contribution in [3.8, 4) is 0 Å². The molecule has 0 saturated carbocycles. The van der Waals surface area contributed by atoms with Crippen LogP contribution < -0.4 is 5.73 Å². The van der Waals surface area contributed by atoms with Gasteiger partial charge in [0.25, 0.3) is 0 Å². The highest BCUT2D eigenvalue weighted by molar-refractivity contribution is 5.93. The van der Waals surface area contributed by atoms with Crippen LogP contribution >= 0.6 is 0 Å². The lowest BCUT2D eigenvalue weighted by Crippen LogP contribution is -2.10. The molecule has 0 unspecified atom stereocenters. The number of aryl methyl sites for hydroxylation is 1. The first-order valence-electron chi connectivity index (χ1n) is 4.48. The Hall–Kier alpha value is -1.84. The number of hydrogen-bond acceptors (Lipinski definition) is 2. The van der Waals surface area contributed by atoms with Crippen LogP contribution in [-0.4, -0.2) is 15.3 Å². The number of carbonyl (C=O) groups is 1. The first kappa shape index (κ1) is 8.74. The van der Waals surface area contributed by atoms with Crippen molar-refractivity contribution < 1.29 is 4.79 Å². The van der Waals surface area contributed by atoms with Gasteiger partial charge in [-0.25, -0.2) is 4.98 Å². The summed E-state index contributed by atoms with van der Waals surface area (Å²) in [5, 5.41) is 0. The molecule has 0 atom stereocenters. The van der Waals surface area contributed by atoms with Gasteiger partial charge in [-0.3, -0.25) is 4.79 Å². The first-order chi connectivity index (χ1) is 6.70. The molecule has 2 rings (SSSR count). The van der Waals surface area contributed by atoms with Gasteiger partial charge < -0.3 is 10.1 Å². The number of amides is 1. The van der Waals surface area contributed by atoms with Crippen LogP contribution in [0.4, 0.5) is 0 Å². The Labute approximate surface area is 81.4 Å². The Morgan fingerprint density at radius 3 is 3.07 bits per heavy atom. The highest BCUT2D eigenvalue weighted by atomic mass is 16.1. The van der Waals surface area contributed by atoms with Crippen molar-refractivity contribution >= 4 is 11.6 Å². The lowest BCUT2D eigenvalue weighted by Gasteiger charge is -1.95. The van der Waals surface area contributed by atoms with Crippen molar-refractivity contribution in [3.05, 3.63) is 35.8 Å². The standard InChI is InChI=1S/C10H11N3O/c1-2-8-6-13-4-3-7(10(11)14)5-9(13)12-8/h3-6H,2H2,1H3,(H2,11,14). The van der Waals surface area contributed by atoms with E-state index in [1.54, 1.807) is 18.3 Å². The molecule has 0 aliphatic carbocycles. The Balaban J connectivity index is 2.59. The van der Waals surface area contributed by atoms with Crippen molar-refractivity contribution in [1.82, 2.24) is 9.38 Å². The number of imidazole rings is 1. The summed E-state index contributed by atoms with van der Waals surface area (Å²) in [7, 11) is 0. The maximum atomic E-state index is 10.9. The zero-order chi connectivity index (χ0) is 10.1. The van der Waals surface area contributed by atoms with Gasteiger partial charge in [-0.15, -0.1) is 0 Å². The zero-order valence-electron chi connectivity index (χ0n) is 7.90. The smallest absolute Gasteiger partial charge is 0.248 e. The molecule has 2 aromatic heterocycles. The van der Waals surface area contributed by atoms with E-state index in [1.807, 2.05) is 17.5 Å². The number of primary amides is 1. The first-order valence-corrected chi connectivity index (χ1v) is 4.48. The van der Waals surface area contributed by atoms with Crippen LogP contribution in [0.5, 0.6) is 0 Å². The normalized spacial score (nSPS) is 10.6. The van der Waals surface area contributed by atoms with Gasteiger partial charge in [0, 0.05) is 18.0 Å². The Bertz CT molecular complexity index is 487. The van der Waals surface area contributed by atoms with Crippen LogP contribution in [0.1, 0.15) is 23.0 Å². The van der Waals surface area contributed by atoms with E-state index in [9.17, 15) is 4.79 Å². The molecular weight excluding hydrogens is 178 g/mol. The summed E-state index contributed by atoms with van der Waals surface area (Å²) in [6.45, 7) is 2.04. The highest BCUT2D eigenvalue weighted by Gasteiger charge is 2.03. The third-order valence-electron chi connectivity index (χ3n) is 2.16. The quantitative estimate of drug-likeness (QED) is 0.766. The van der Waals surface area contributed by atoms with Gasteiger partial charge in [-0.1, -0.05) is 6.92 Å². The summed E-state index contributed by atoms with van der Waals surface area (Å²) in [6.07, 6.45) is 4.62. The number of nitrogens with two attached hydrogens (primary N) is 1. The van der Waals surface area contributed by atoms with E-state index in [-0.39, 0.29) is 0 Å². The van der Waals surface area contributed by atoms with Gasteiger partial charge in [0.05, 0.1) is 5.69 Å². The highest BCUT2D eigenvalue weighted by Crippen LogP contribution is 2.08. The molecule has 0 aromatic carbocycles. The van der Waals surface area contributed by atoms with Crippen molar-refractivity contribution in [2.24, 2.45) is 5.73 Å². The van der Waals surface area contributed by atoms with Crippen LogP contribution in [-0.2, 0) is 6.42 Å². The zero-order valence-corrected chi connectivity index (χ0v) is 7.90. The van der Waals surface area contributed by atoms with Crippen molar-refractivity contribution in [2.45, 2.75) is 13.3 Å². The van der Waals surface area contributed by atoms with Crippen LogP contribution in [0.15, 0.2) is 24.5 Å². The summed E-state index contributed by atoms with van der Waals surface area (Å²) in [5.41, 5.74) is 7.43. The van der Waals surface area contributed by atoms with Crippen LogP contribution in [0.2, 0.25) is 0 Å². The van der Waals surface area contributed by atoms with Crippen LogP contribution in [0.3, 0.4) is 0 Å². The third-order valence-corrected chi connectivity index (χ3v) is 2.16. The average Bonchev–Trinajstić information content (AvgIpc) is 2.58. The molecule has 2 heterocycles. The maximum absolute atomic E-state index is 10.9. The van der Waals surface area contributed by atoms with Gasteiger partial charge in [-0.2, -0.15) is 0 Å². The van der Waals surface area contributed by atoms with Crippen molar-refractivity contribution in [2.75, 3.05) is 0 Å². The topological polar surface area (TPSA) is 60.4 Å². The second-order valence-corrected chi connectivity index (χ2v) is 3.13. The number of rotatable bonds is 2. The van der Waals surface area contributed by atoms with Crippen LogP contribution in [0, 0.1) is 0 Å². The molecule has 0 aliphatic heterocycles. The summed E-state index contributed by atoms with van der Waals surface area (Å²) < 4.78 is 1.88. The fourth-order valence-electron chi connectivity index (χ4n) is 1.36. The van der Waals surface area contributed by atoms with Gasteiger partial charge >= 0.3 is 0 Å². The minimum absolute atomic E-state index is 0.423. The molecule has 72 valence electrons. The molecule has 0 fully saturated rings. The Morgan fingerprint density at radius 1 is 1.64 bits per heavy atom. The van der Waals surface area contributed by atoms with E-state index in [0.717, 1.165) is 17.8 Å². The Morgan fingerprint density at radius 2 is 2.43 bits per heavy atom. The fourth-order valence-corrected chi connectivity index (χ4v) is 1.36. The predicted octanol–water partition coefficient (Wildman–Crippen LogP) is 0.996. The van der Waals surface area contributed by atoms with Gasteiger partial charge in [-0.05, 0) is 18.6 Å². The van der Waals surface area contributed by atoms with Gasteiger partial charge in [0.2, 0.25) is 5.91 Å². The summed E-state index contributed by atoms with van der Waals surface area (Å²) >= 11 is 0. The molecule has 2 N–H and O–H groups in total. The van der Waals surface area contributed by atoms with Crippen molar-refractivity contribution in [1.29, 1.82) is 0 Å². The lowest BCUT2D eigenvalue weighted by molar-refractivity contribution is 0.100. The second kappa shape index (κ2) is 3.14. The summed E-state index contributed by atoms with van der Waals surface area (Å²) in [5.74, 6) is -0.423. The van der Waals surface area contributed by atoms with E-state index < -0.39 is 5.91 Å². The van der Waals surface area contributed by atoms with E-state index in [1.165, 1.54) is 0 Å². The number of pyridine rings is 1. The van der Waals surface area contributed by atoms with E-state index in [4.69, 9.17) is 5.73 Å². The minimum atomic E-state index is -0.423. The largest absolute Gasteiger partial charge is 0.366 e. The molecule has 4 nitrogen and oxygen atoms in total. The number of carbonyl (C=O) groups excluding carboxylic acids is 1. The van der Waals surface area contributed by atoms with Crippen molar-refractivity contribution in [3.63, 3.8) is 0 Å². The van der Waals surface area contributed by atoms with E-state index >= 15 is 0 Å². The average molecular weight is 189 g/mol. The molecule has 0 spiro atoms.